The van der Waals surface area contributed by atoms with Gasteiger partial charge in [-0.3, -0.25) is 4.57 Å². The predicted octanol–water partition coefficient (Wildman–Crippen LogP) is 3.42. The van der Waals surface area contributed by atoms with Crippen molar-refractivity contribution < 1.29 is 26.4 Å². The van der Waals surface area contributed by atoms with Crippen LogP contribution in [-0.2, 0) is 10.0 Å². The number of hydrogen-bond donors (Lipinski definition) is 1. The molecular formula is C26H27F3N10O3S2. The number of carbonyl (C=O) groups is 1. The Morgan fingerprint density at radius 2 is 1.91 bits per heavy atom. The van der Waals surface area contributed by atoms with Crippen LogP contribution in [0.15, 0.2) is 23.4 Å². The van der Waals surface area contributed by atoms with Gasteiger partial charge in [-0.15, -0.1) is 10.2 Å². The molecule has 0 spiro atoms. The SMILES string of the molecule is CC1CN(c2ncnc3c2c2cc(F)c(S(=O)(=O)NC4(C#N)CC4)cc2n3-c2nnc(C(F)F)s2)C(C)CN1C(=O)N(C)C. The summed E-state index contributed by atoms with van der Waals surface area (Å²) in [5, 5.41) is 16.9. The Hall–Kier alpha value is -4.08. The van der Waals surface area contributed by atoms with E-state index in [9.17, 15) is 27.3 Å². The Kier molecular flexibility index (Phi) is 7.17. The molecule has 232 valence electrons. The van der Waals surface area contributed by atoms with Crippen LogP contribution in [-0.4, -0.2) is 93.8 Å². The first-order valence-electron chi connectivity index (χ1n) is 13.6. The maximum Gasteiger partial charge on any atom is 0.319 e. The first kappa shape index (κ1) is 30.0. The highest BCUT2D eigenvalue weighted by atomic mass is 32.2. The number of rotatable bonds is 6. The summed E-state index contributed by atoms with van der Waals surface area (Å²) in [5.74, 6) is -0.691. The number of anilines is 1. The topological polar surface area (TPSA) is 153 Å². The molecule has 13 nitrogen and oxygen atoms in total. The lowest BCUT2D eigenvalue weighted by molar-refractivity contribution is 0.137. The Balaban J connectivity index is 1.56. The Labute approximate surface area is 253 Å². The van der Waals surface area contributed by atoms with Gasteiger partial charge in [0, 0.05) is 44.7 Å². The van der Waals surface area contributed by atoms with E-state index in [2.05, 4.69) is 24.9 Å². The van der Waals surface area contributed by atoms with Gasteiger partial charge in [0.1, 0.15) is 28.4 Å². The van der Waals surface area contributed by atoms with Crippen LogP contribution < -0.4 is 9.62 Å². The average Bonchev–Trinajstić information content (AvgIpc) is 3.41. The smallest absolute Gasteiger partial charge is 0.319 e. The molecule has 4 aromatic rings. The second-order valence-electron chi connectivity index (χ2n) is 11.2. The van der Waals surface area contributed by atoms with E-state index in [4.69, 9.17) is 0 Å². The molecule has 1 aliphatic carbocycles. The van der Waals surface area contributed by atoms with Crippen molar-refractivity contribution in [1.82, 2.24) is 39.3 Å². The number of amides is 2. The van der Waals surface area contributed by atoms with E-state index in [1.54, 1.807) is 19.0 Å². The molecule has 1 saturated carbocycles. The van der Waals surface area contributed by atoms with Crippen molar-refractivity contribution in [3.63, 3.8) is 0 Å². The van der Waals surface area contributed by atoms with Gasteiger partial charge in [-0.2, -0.15) is 9.98 Å². The van der Waals surface area contributed by atoms with E-state index in [0.717, 1.165) is 12.1 Å². The number of nitriles is 1. The lowest BCUT2D eigenvalue weighted by Crippen LogP contribution is -2.60. The van der Waals surface area contributed by atoms with E-state index in [1.165, 1.54) is 15.8 Å². The molecule has 2 aliphatic rings. The minimum absolute atomic E-state index is 0.0358. The van der Waals surface area contributed by atoms with Gasteiger partial charge in [0.25, 0.3) is 6.43 Å². The molecule has 2 amide bonds. The summed E-state index contributed by atoms with van der Waals surface area (Å²) in [4.78, 5) is 26.2. The van der Waals surface area contributed by atoms with Gasteiger partial charge < -0.3 is 14.7 Å². The van der Waals surface area contributed by atoms with Crippen molar-refractivity contribution in [3.05, 3.63) is 29.3 Å². The Morgan fingerprint density at radius 3 is 2.52 bits per heavy atom. The number of fused-ring (bicyclic) bond motifs is 3. The highest BCUT2D eigenvalue weighted by Crippen LogP contribution is 2.41. The molecule has 0 bridgehead atoms. The van der Waals surface area contributed by atoms with Crippen LogP contribution in [0.5, 0.6) is 0 Å². The van der Waals surface area contributed by atoms with E-state index in [1.807, 2.05) is 24.8 Å². The number of alkyl halides is 2. The number of sulfonamides is 1. The zero-order valence-electron chi connectivity index (χ0n) is 24.0. The van der Waals surface area contributed by atoms with Crippen molar-refractivity contribution in [3.8, 4) is 11.2 Å². The summed E-state index contributed by atoms with van der Waals surface area (Å²) in [7, 11) is -1.16. The molecule has 0 radical (unpaired) electrons. The fourth-order valence-corrected chi connectivity index (χ4v) is 7.63. The fourth-order valence-electron chi connectivity index (χ4n) is 5.46. The summed E-state index contributed by atoms with van der Waals surface area (Å²) < 4.78 is 73.0. The molecule has 2 atom stereocenters. The minimum Gasteiger partial charge on any atom is -0.349 e. The third kappa shape index (κ3) is 4.88. The van der Waals surface area contributed by atoms with Crippen LogP contribution in [0.2, 0.25) is 0 Å². The van der Waals surface area contributed by atoms with Crippen molar-refractivity contribution >= 4 is 55.1 Å². The molecule has 18 heteroatoms. The molecular weight excluding hydrogens is 621 g/mol. The van der Waals surface area contributed by atoms with E-state index in [-0.39, 0.29) is 52.6 Å². The first-order chi connectivity index (χ1) is 20.8. The summed E-state index contributed by atoms with van der Waals surface area (Å²) in [5.41, 5.74) is -1.02. The summed E-state index contributed by atoms with van der Waals surface area (Å²) in [6.45, 7) is 4.53. The third-order valence-corrected chi connectivity index (χ3v) is 10.3. The fraction of sp³-hybridized carbons (Fsp3) is 0.462. The minimum atomic E-state index is -4.50. The van der Waals surface area contributed by atoms with Crippen molar-refractivity contribution in [1.29, 1.82) is 5.26 Å². The van der Waals surface area contributed by atoms with E-state index in [0.29, 0.717) is 35.6 Å². The number of benzene rings is 1. The van der Waals surface area contributed by atoms with Crippen LogP contribution in [0.25, 0.3) is 27.1 Å². The van der Waals surface area contributed by atoms with Gasteiger partial charge in [-0.05, 0) is 38.8 Å². The van der Waals surface area contributed by atoms with Gasteiger partial charge in [-0.25, -0.2) is 36.4 Å². The molecule has 6 rings (SSSR count). The quantitative estimate of drug-likeness (QED) is 0.331. The largest absolute Gasteiger partial charge is 0.349 e. The molecule has 2 fully saturated rings. The number of hydrogen-bond acceptors (Lipinski definition) is 10. The highest BCUT2D eigenvalue weighted by molar-refractivity contribution is 7.89. The van der Waals surface area contributed by atoms with E-state index >= 15 is 4.39 Å². The standard InChI is InChI=1S/C26H27F3N10O3S2/c1-13-10-38(25(40)36(3)4)14(2)9-37(13)21-19-15-7-16(27)18(44(41,42)35-26(11-30)5-6-26)8-17(15)39(22(19)32-12-31-21)24-34-33-23(43-24)20(28)29/h7-8,12-14,20,35H,5-6,9-10H2,1-4H3. The second-order valence-corrected chi connectivity index (χ2v) is 13.9. The average molecular weight is 649 g/mol. The van der Waals surface area contributed by atoms with Gasteiger partial charge in [0.2, 0.25) is 15.2 Å². The van der Waals surface area contributed by atoms with Crippen molar-refractivity contribution in [2.45, 2.75) is 55.6 Å². The molecule has 1 saturated heterocycles. The number of nitrogens with zero attached hydrogens (tertiary/aromatic N) is 9. The summed E-state index contributed by atoms with van der Waals surface area (Å²) in [6, 6.07) is 3.42. The number of carbonyl (C=O) groups excluding carboxylic acids is 1. The van der Waals surface area contributed by atoms with Gasteiger partial charge >= 0.3 is 6.03 Å². The number of aromatic nitrogens is 5. The second kappa shape index (κ2) is 10.5. The molecule has 4 heterocycles. The maximum atomic E-state index is 15.8. The van der Waals surface area contributed by atoms with Crippen LogP contribution >= 0.6 is 11.3 Å². The van der Waals surface area contributed by atoms with Crippen molar-refractivity contribution in [2.75, 3.05) is 32.1 Å². The zero-order valence-corrected chi connectivity index (χ0v) is 25.6. The third-order valence-electron chi connectivity index (χ3n) is 7.86. The number of nitrogens with one attached hydrogen (secondary N) is 1. The van der Waals surface area contributed by atoms with Crippen molar-refractivity contribution in [2.24, 2.45) is 0 Å². The first-order valence-corrected chi connectivity index (χ1v) is 15.9. The highest BCUT2D eigenvalue weighted by Gasteiger charge is 2.47. The predicted molar refractivity (Wildman–Crippen MR) is 155 cm³/mol. The van der Waals surface area contributed by atoms with Crippen LogP contribution in [0.4, 0.5) is 23.8 Å². The van der Waals surface area contributed by atoms with Crippen LogP contribution in [0, 0.1) is 17.1 Å². The van der Waals surface area contributed by atoms with Gasteiger partial charge in [-0.1, -0.05) is 11.3 Å². The lowest BCUT2D eigenvalue weighted by Gasteiger charge is -2.45. The molecule has 1 N–H and O–H groups in total. The zero-order chi connectivity index (χ0) is 31.7. The monoisotopic (exact) mass is 648 g/mol. The molecule has 3 aromatic heterocycles. The summed E-state index contributed by atoms with van der Waals surface area (Å²) >= 11 is 0.584. The number of piperazine rings is 1. The van der Waals surface area contributed by atoms with Crippen LogP contribution in [0.1, 0.15) is 38.1 Å². The van der Waals surface area contributed by atoms with E-state index < -0.39 is 37.7 Å². The lowest BCUT2D eigenvalue weighted by atomic mass is 10.1. The molecule has 1 aliphatic heterocycles. The molecule has 2 unspecified atom stereocenters. The van der Waals surface area contributed by atoms with Crippen LogP contribution in [0.3, 0.4) is 0 Å². The summed E-state index contributed by atoms with van der Waals surface area (Å²) in [6.07, 6.45) is -1.05. The Bertz CT molecular complexity index is 1950. The molecule has 44 heavy (non-hydrogen) atoms. The maximum absolute atomic E-state index is 15.8. The number of halogens is 3. The number of urea groups is 1. The Morgan fingerprint density at radius 1 is 1.18 bits per heavy atom. The molecule has 1 aromatic carbocycles. The normalized spacial score (nSPS) is 20.0. The van der Waals surface area contributed by atoms with Gasteiger partial charge in [0.05, 0.1) is 17.0 Å². The van der Waals surface area contributed by atoms with Gasteiger partial charge in [0.15, 0.2) is 10.7 Å².